The quantitative estimate of drug-likeness (QED) is 0.333. The zero-order valence-electron chi connectivity index (χ0n) is 17.7. The SMILES string of the molecule is CC(C)(C)[Si](C)(C)O[C@H]1[C@@H](F)[C@H](n2ccc(=O)[nH]c2=O)O[C@@H]1CO[P]1(S)SCCS1. The molecule has 13 heteroatoms. The number of ether oxygens (including phenoxy) is 1. The average molecular weight is 516 g/mol. The van der Waals surface area contributed by atoms with Crippen molar-refractivity contribution in [3.05, 3.63) is 33.1 Å². The van der Waals surface area contributed by atoms with Gasteiger partial charge in [-0.15, -0.1) is 12.2 Å². The van der Waals surface area contributed by atoms with Crippen LogP contribution in [-0.2, 0) is 13.7 Å². The fourth-order valence-corrected chi connectivity index (χ4v) is 13.3. The number of H-pyrrole nitrogens is 1. The van der Waals surface area contributed by atoms with Crippen molar-refractivity contribution >= 4 is 48.4 Å². The van der Waals surface area contributed by atoms with Gasteiger partial charge in [-0.2, -0.15) is 0 Å². The van der Waals surface area contributed by atoms with Crippen molar-refractivity contribution < 1.29 is 18.1 Å². The molecule has 30 heavy (non-hydrogen) atoms. The van der Waals surface area contributed by atoms with E-state index >= 15 is 4.39 Å². The normalized spacial score (nSPS) is 29.4. The zero-order valence-corrected chi connectivity index (χ0v) is 22.1. The van der Waals surface area contributed by atoms with Crippen molar-refractivity contribution in [1.29, 1.82) is 0 Å². The predicted octanol–water partition coefficient (Wildman–Crippen LogP) is 4.27. The van der Waals surface area contributed by atoms with Crippen LogP contribution < -0.4 is 11.2 Å². The van der Waals surface area contributed by atoms with E-state index in [2.05, 4.69) is 25.8 Å². The summed E-state index contributed by atoms with van der Waals surface area (Å²) >= 11 is 8.07. The Morgan fingerprint density at radius 1 is 1.37 bits per heavy atom. The number of rotatable bonds is 6. The third-order valence-corrected chi connectivity index (χ3v) is 20.3. The number of alkyl halides is 1. The molecule has 1 N–H and O–H groups in total. The molecule has 2 fully saturated rings. The fraction of sp³-hybridized carbons (Fsp3) is 0.765. The Bertz CT molecular complexity index is 874. The van der Waals surface area contributed by atoms with Crippen molar-refractivity contribution in [3.8, 4) is 0 Å². The molecule has 1 radical (unpaired) electrons. The van der Waals surface area contributed by atoms with Crippen molar-refractivity contribution in [1.82, 2.24) is 9.55 Å². The van der Waals surface area contributed by atoms with Gasteiger partial charge < -0.3 is 13.7 Å². The molecule has 171 valence electrons. The van der Waals surface area contributed by atoms with Crippen LogP contribution in [0.4, 0.5) is 4.39 Å². The molecule has 0 aromatic carbocycles. The highest BCUT2D eigenvalue weighted by atomic mass is 33.4. The van der Waals surface area contributed by atoms with Gasteiger partial charge in [-0.05, 0) is 18.1 Å². The first-order valence-corrected chi connectivity index (χ1v) is 18.6. The molecule has 1 aromatic heterocycles. The van der Waals surface area contributed by atoms with Gasteiger partial charge in [-0.3, -0.25) is 14.3 Å². The van der Waals surface area contributed by atoms with E-state index in [0.717, 1.165) is 16.1 Å². The third kappa shape index (κ3) is 5.39. The van der Waals surface area contributed by atoms with Crippen molar-refractivity contribution in [3.63, 3.8) is 0 Å². The summed E-state index contributed by atoms with van der Waals surface area (Å²) in [5.41, 5.74) is -1.27. The topological polar surface area (TPSA) is 82.6 Å². The van der Waals surface area contributed by atoms with Crippen LogP contribution in [0.15, 0.2) is 21.9 Å². The van der Waals surface area contributed by atoms with Gasteiger partial charge in [-0.1, -0.05) is 43.5 Å². The maximum absolute atomic E-state index is 15.6. The van der Waals surface area contributed by atoms with Crippen LogP contribution in [0.2, 0.25) is 18.1 Å². The molecular formula is C17H29FN2O5PS3Si. The Balaban J connectivity index is 1.86. The van der Waals surface area contributed by atoms with E-state index in [0.29, 0.717) is 0 Å². The van der Waals surface area contributed by atoms with Crippen LogP contribution in [0.25, 0.3) is 0 Å². The van der Waals surface area contributed by atoms with Gasteiger partial charge in [0.1, 0.15) is 17.3 Å². The molecular weight excluding hydrogens is 486 g/mol. The van der Waals surface area contributed by atoms with Gasteiger partial charge in [0.2, 0.25) is 0 Å². The lowest BCUT2D eigenvalue weighted by Gasteiger charge is -2.39. The monoisotopic (exact) mass is 515 g/mol. The minimum atomic E-state index is -2.33. The van der Waals surface area contributed by atoms with E-state index < -0.39 is 49.3 Å². The number of thiol groups is 1. The largest absolute Gasteiger partial charge is 0.408 e. The lowest BCUT2D eigenvalue weighted by Crippen LogP contribution is -2.49. The van der Waals surface area contributed by atoms with Gasteiger partial charge in [0.15, 0.2) is 20.7 Å². The maximum atomic E-state index is 15.6. The molecule has 4 atom stereocenters. The Morgan fingerprint density at radius 3 is 2.57 bits per heavy atom. The number of aromatic amines is 1. The average Bonchev–Trinajstić information content (AvgIpc) is 3.18. The molecule has 2 aliphatic heterocycles. The van der Waals surface area contributed by atoms with E-state index in [9.17, 15) is 9.59 Å². The molecule has 2 aliphatic rings. The van der Waals surface area contributed by atoms with Gasteiger partial charge in [-0.25, -0.2) is 9.18 Å². The number of hydrogen-bond acceptors (Lipinski definition) is 8. The Kier molecular flexibility index (Phi) is 7.62. The standard InChI is InChI=1S/C17H29FN2O5PS3Si/c1-17(2,3)30(4,5)25-14-11(10-23-26(27)28-8-9-29-26)24-15(13(14)18)20-7-6-12(21)19-16(20)22/h6-7,11,13-15,27H,8-10H2,1-5H3,(H,19,21,22)/t11-,13-,14-,15-/m1/s1. The molecule has 3 heterocycles. The van der Waals surface area contributed by atoms with Crippen LogP contribution in [0.1, 0.15) is 27.0 Å². The second kappa shape index (κ2) is 9.21. The van der Waals surface area contributed by atoms with Gasteiger partial charge in [0.05, 0.1) is 6.61 Å². The third-order valence-electron chi connectivity index (χ3n) is 5.62. The molecule has 0 saturated carbocycles. The van der Waals surface area contributed by atoms with Crippen molar-refractivity contribution in [2.24, 2.45) is 0 Å². The summed E-state index contributed by atoms with van der Waals surface area (Å²) in [5.74, 6) is 1.94. The Hall–Kier alpha value is 0.187. The highest BCUT2D eigenvalue weighted by Gasteiger charge is 2.52. The molecule has 0 aliphatic carbocycles. The summed E-state index contributed by atoms with van der Waals surface area (Å²) in [6, 6.07) is 1.17. The van der Waals surface area contributed by atoms with Crippen molar-refractivity contribution in [2.75, 3.05) is 18.1 Å². The maximum Gasteiger partial charge on any atom is 0.330 e. The molecule has 2 saturated heterocycles. The molecule has 7 nitrogen and oxygen atoms in total. The van der Waals surface area contributed by atoms with Gasteiger partial charge in [0.25, 0.3) is 5.56 Å². The second-order valence-corrected chi connectivity index (χ2v) is 24.7. The van der Waals surface area contributed by atoms with Gasteiger partial charge in [0, 0.05) is 23.8 Å². The molecule has 0 unspecified atom stereocenters. The lowest BCUT2D eigenvalue weighted by atomic mass is 10.1. The molecule has 0 amide bonds. The van der Waals surface area contributed by atoms with E-state index in [1.54, 1.807) is 22.8 Å². The van der Waals surface area contributed by atoms with Crippen LogP contribution in [-0.4, -0.2) is 54.4 Å². The number of hydrogen-bond donors (Lipinski definition) is 2. The van der Waals surface area contributed by atoms with E-state index in [4.69, 9.17) is 25.9 Å². The first kappa shape index (κ1) is 24.8. The van der Waals surface area contributed by atoms with Crippen LogP contribution in [0.3, 0.4) is 0 Å². The molecule has 1 aromatic rings. The zero-order chi connectivity index (χ0) is 22.3. The summed E-state index contributed by atoms with van der Waals surface area (Å²) in [4.78, 5) is 25.8. The summed E-state index contributed by atoms with van der Waals surface area (Å²) in [7, 11) is -2.33. The predicted molar refractivity (Wildman–Crippen MR) is 129 cm³/mol. The van der Waals surface area contributed by atoms with E-state index in [-0.39, 0.29) is 11.6 Å². The van der Waals surface area contributed by atoms with Crippen LogP contribution in [0.5, 0.6) is 0 Å². The summed E-state index contributed by atoms with van der Waals surface area (Å²) in [6.45, 7) is 10.5. The minimum Gasteiger partial charge on any atom is -0.408 e. The van der Waals surface area contributed by atoms with Crippen LogP contribution in [0, 0.1) is 0 Å². The first-order valence-electron chi connectivity index (χ1n) is 9.67. The first-order chi connectivity index (χ1) is 13.8. The van der Waals surface area contributed by atoms with E-state index in [1.165, 1.54) is 12.3 Å². The fourth-order valence-electron chi connectivity index (χ4n) is 2.92. The van der Waals surface area contributed by atoms with Crippen molar-refractivity contribution in [2.45, 2.75) is 63.5 Å². The lowest BCUT2D eigenvalue weighted by molar-refractivity contribution is -0.0415. The summed E-state index contributed by atoms with van der Waals surface area (Å²) in [6.07, 6.45) is -3.11. The second-order valence-electron chi connectivity index (χ2n) is 8.80. The molecule has 0 bridgehead atoms. The number of nitrogens with one attached hydrogen (secondary N) is 1. The summed E-state index contributed by atoms with van der Waals surface area (Å²) < 4.78 is 35.1. The minimum absolute atomic E-state index is 0.125. The smallest absolute Gasteiger partial charge is 0.330 e. The van der Waals surface area contributed by atoms with E-state index in [1.807, 2.05) is 13.1 Å². The van der Waals surface area contributed by atoms with Gasteiger partial charge >= 0.3 is 5.69 Å². The number of aromatic nitrogens is 2. The number of nitrogens with zero attached hydrogens (tertiary/aromatic N) is 1. The summed E-state index contributed by atoms with van der Waals surface area (Å²) in [5, 5.41) is -2.07. The highest BCUT2D eigenvalue weighted by molar-refractivity contribution is 9.15. The highest BCUT2D eigenvalue weighted by Crippen LogP contribution is 2.87. The molecule has 3 rings (SSSR count). The van der Waals surface area contributed by atoms with Crippen LogP contribution >= 0.6 is 40.1 Å². The Morgan fingerprint density at radius 2 is 2.00 bits per heavy atom. The molecule has 0 spiro atoms. The Labute approximate surface area is 190 Å². The number of halogens is 1.